The molecule has 0 unspecified atom stereocenters. The largest absolute Gasteiger partial charge is 0.506 e. The monoisotopic (exact) mass is 485 g/mol. The van der Waals surface area contributed by atoms with Gasteiger partial charge >= 0.3 is 0 Å². The van der Waals surface area contributed by atoms with Crippen molar-refractivity contribution in [1.29, 1.82) is 0 Å². The Labute approximate surface area is 198 Å². The number of aromatic nitrogens is 2. The standard InChI is InChI=1S/C23H27N5O5S/c1-3-28(4-2)34(32,33)19-8-9-21(29)20(15-19)26-23(31)17-6-5-7-18(14-17)25-22(30)10-12-27-13-11-24-16-27/h5-9,11,13-16,29H,3-4,10,12H2,1-2H3,(H,25,30)(H,26,31). The van der Waals surface area contributed by atoms with E-state index in [0.717, 1.165) is 0 Å². The molecule has 3 rings (SSSR count). The molecule has 0 bridgehead atoms. The normalized spacial score (nSPS) is 11.4. The summed E-state index contributed by atoms with van der Waals surface area (Å²) in [6, 6.07) is 10.0. The molecule has 0 spiro atoms. The number of imidazole rings is 1. The number of carbonyl (C=O) groups excluding carboxylic acids is 2. The maximum absolute atomic E-state index is 12.8. The van der Waals surface area contributed by atoms with Gasteiger partial charge in [-0.3, -0.25) is 9.59 Å². The number of nitrogens with one attached hydrogen (secondary N) is 2. The summed E-state index contributed by atoms with van der Waals surface area (Å²) in [5.41, 5.74) is 0.627. The summed E-state index contributed by atoms with van der Waals surface area (Å²) in [6.45, 7) is 4.52. The molecular formula is C23H27N5O5S. The number of benzene rings is 2. The maximum atomic E-state index is 12.8. The molecule has 3 aromatic rings. The lowest BCUT2D eigenvalue weighted by Gasteiger charge is -2.19. The van der Waals surface area contributed by atoms with Gasteiger partial charge in [-0.15, -0.1) is 0 Å². The van der Waals surface area contributed by atoms with Crippen molar-refractivity contribution in [2.24, 2.45) is 0 Å². The molecule has 2 aromatic carbocycles. The fraction of sp³-hybridized carbons (Fsp3) is 0.261. The third-order valence-corrected chi connectivity index (χ3v) is 7.17. The molecule has 11 heteroatoms. The van der Waals surface area contributed by atoms with Crippen molar-refractivity contribution in [2.75, 3.05) is 23.7 Å². The fourth-order valence-corrected chi connectivity index (χ4v) is 4.78. The van der Waals surface area contributed by atoms with E-state index < -0.39 is 15.9 Å². The van der Waals surface area contributed by atoms with E-state index in [1.165, 1.54) is 28.6 Å². The second kappa shape index (κ2) is 10.9. The molecule has 180 valence electrons. The van der Waals surface area contributed by atoms with Crippen LogP contribution in [0.25, 0.3) is 0 Å². The second-order valence-electron chi connectivity index (χ2n) is 7.40. The molecule has 10 nitrogen and oxygen atoms in total. The molecule has 0 saturated carbocycles. The highest BCUT2D eigenvalue weighted by molar-refractivity contribution is 7.89. The highest BCUT2D eigenvalue weighted by Crippen LogP contribution is 2.28. The number of aromatic hydroxyl groups is 1. The Morgan fingerprint density at radius 1 is 1.09 bits per heavy atom. The molecule has 1 heterocycles. The quantitative estimate of drug-likeness (QED) is 0.378. The van der Waals surface area contributed by atoms with E-state index >= 15 is 0 Å². The molecule has 0 saturated heterocycles. The van der Waals surface area contributed by atoms with Gasteiger partial charge < -0.3 is 20.3 Å². The predicted molar refractivity (Wildman–Crippen MR) is 128 cm³/mol. The zero-order chi connectivity index (χ0) is 24.7. The van der Waals surface area contributed by atoms with Crippen LogP contribution in [-0.4, -0.2) is 52.3 Å². The molecule has 0 fully saturated rings. The van der Waals surface area contributed by atoms with E-state index in [1.807, 2.05) is 0 Å². The Morgan fingerprint density at radius 2 is 1.85 bits per heavy atom. The maximum Gasteiger partial charge on any atom is 0.255 e. The van der Waals surface area contributed by atoms with Crippen LogP contribution in [0.4, 0.5) is 11.4 Å². The van der Waals surface area contributed by atoms with Gasteiger partial charge in [0.15, 0.2) is 0 Å². The molecule has 0 atom stereocenters. The van der Waals surface area contributed by atoms with Gasteiger partial charge in [-0.1, -0.05) is 19.9 Å². The minimum absolute atomic E-state index is 0.0343. The van der Waals surface area contributed by atoms with Gasteiger partial charge in [-0.05, 0) is 36.4 Å². The Hall–Kier alpha value is -3.70. The van der Waals surface area contributed by atoms with Crippen LogP contribution in [0.1, 0.15) is 30.6 Å². The first kappa shape index (κ1) is 24.9. The molecule has 2 amide bonds. The first-order valence-electron chi connectivity index (χ1n) is 10.7. The van der Waals surface area contributed by atoms with Gasteiger partial charge in [0.1, 0.15) is 5.75 Å². The number of anilines is 2. The summed E-state index contributed by atoms with van der Waals surface area (Å²) in [6.07, 6.45) is 5.24. The summed E-state index contributed by atoms with van der Waals surface area (Å²) >= 11 is 0. The minimum Gasteiger partial charge on any atom is -0.506 e. The van der Waals surface area contributed by atoms with Crippen molar-refractivity contribution in [1.82, 2.24) is 13.9 Å². The summed E-state index contributed by atoms with van der Waals surface area (Å²) in [5.74, 6) is -1.06. The molecule has 1 aromatic heterocycles. The number of sulfonamides is 1. The van der Waals surface area contributed by atoms with E-state index in [1.54, 1.807) is 55.3 Å². The topological polar surface area (TPSA) is 134 Å². The third kappa shape index (κ3) is 6.00. The van der Waals surface area contributed by atoms with Gasteiger partial charge in [0.2, 0.25) is 15.9 Å². The Kier molecular flexibility index (Phi) is 8.03. The van der Waals surface area contributed by atoms with Crippen LogP contribution >= 0.6 is 0 Å². The zero-order valence-electron chi connectivity index (χ0n) is 18.9. The lowest BCUT2D eigenvalue weighted by atomic mass is 10.1. The number of hydrogen-bond donors (Lipinski definition) is 3. The summed E-state index contributed by atoms with van der Waals surface area (Å²) in [5, 5.41) is 15.5. The van der Waals surface area contributed by atoms with Crippen LogP contribution in [0, 0.1) is 0 Å². The van der Waals surface area contributed by atoms with Crippen molar-refractivity contribution in [3.05, 3.63) is 66.7 Å². The molecule has 0 aliphatic rings. The van der Waals surface area contributed by atoms with Crippen LogP contribution in [0.15, 0.2) is 66.1 Å². The van der Waals surface area contributed by atoms with Crippen molar-refractivity contribution < 1.29 is 23.1 Å². The minimum atomic E-state index is -3.77. The number of phenolic OH excluding ortho intramolecular Hbond substituents is 1. The average Bonchev–Trinajstić information content (AvgIpc) is 3.33. The third-order valence-electron chi connectivity index (χ3n) is 5.12. The fourth-order valence-electron chi connectivity index (χ4n) is 3.29. The predicted octanol–water partition coefficient (Wildman–Crippen LogP) is 2.90. The molecule has 0 aliphatic heterocycles. The van der Waals surface area contributed by atoms with Gasteiger partial charge in [-0.2, -0.15) is 4.31 Å². The van der Waals surface area contributed by atoms with Gasteiger partial charge in [0.25, 0.3) is 5.91 Å². The number of amides is 2. The highest BCUT2D eigenvalue weighted by atomic mass is 32.2. The molecule has 34 heavy (non-hydrogen) atoms. The van der Waals surface area contributed by atoms with E-state index in [-0.39, 0.29) is 34.2 Å². The number of carbonyl (C=O) groups is 2. The Morgan fingerprint density at radius 3 is 2.53 bits per heavy atom. The second-order valence-corrected chi connectivity index (χ2v) is 9.34. The van der Waals surface area contributed by atoms with Crippen LogP contribution in [0.3, 0.4) is 0 Å². The van der Waals surface area contributed by atoms with Gasteiger partial charge in [0, 0.05) is 49.7 Å². The number of phenols is 1. The zero-order valence-corrected chi connectivity index (χ0v) is 19.7. The lowest BCUT2D eigenvalue weighted by molar-refractivity contribution is -0.116. The molecule has 0 radical (unpaired) electrons. The summed E-state index contributed by atoms with van der Waals surface area (Å²) in [7, 11) is -3.77. The van der Waals surface area contributed by atoms with Crippen LogP contribution in [-0.2, 0) is 21.4 Å². The molecule has 3 N–H and O–H groups in total. The van der Waals surface area contributed by atoms with Crippen LogP contribution in [0.5, 0.6) is 5.75 Å². The van der Waals surface area contributed by atoms with Gasteiger partial charge in [0.05, 0.1) is 16.9 Å². The number of hydrogen-bond acceptors (Lipinski definition) is 6. The van der Waals surface area contributed by atoms with Crippen molar-refractivity contribution in [2.45, 2.75) is 31.7 Å². The van der Waals surface area contributed by atoms with Crippen LogP contribution < -0.4 is 10.6 Å². The highest BCUT2D eigenvalue weighted by Gasteiger charge is 2.23. The lowest BCUT2D eigenvalue weighted by Crippen LogP contribution is -2.30. The molecule has 0 aliphatic carbocycles. The van der Waals surface area contributed by atoms with Crippen molar-refractivity contribution in [3.8, 4) is 5.75 Å². The molecular weight excluding hydrogens is 458 g/mol. The number of aryl methyl sites for hydroxylation is 1. The van der Waals surface area contributed by atoms with Crippen molar-refractivity contribution in [3.63, 3.8) is 0 Å². The van der Waals surface area contributed by atoms with Gasteiger partial charge in [-0.25, -0.2) is 13.4 Å². The van der Waals surface area contributed by atoms with Crippen LogP contribution in [0.2, 0.25) is 0 Å². The number of rotatable bonds is 10. The van der Waals surface area contributed by atoms with E-state index in [0.29, 0.717) is 25.3 Å². The Balaban J connectivity index is 1.71. The Bertz CT molecular complexity index is 1250. The first-order valence-corrected chi connectivity index (χ1v) is 12.2. The average molecular weight is 486 g/mol. The van der Waals surface area contributed by atoms with E-state index in [4.69, 9.17) is 0 Å². The van der Waals surface area contributed by atoms with E-state index in [9.17, 15) is 23.1 Å². The first-order chi connectivity index (χ1) is 16.2. The smallest absolute Gasteiger partial charge is 0.255 e. The SMILES string of the molecule is CCN(CC)S(=O)(=O)c1ccc(O)c(NC(=O)c2cccc(NC(=O)CCn3ccnc3)c2)c1. The summed E-state index contributed by atoms with van der Waals surface area (Å²) in [4.78, 5) is 28.9. The summed E-state index contributed by atoms with van der Waals surface area (Å²) < 4.78 is 28.6. The van der Waals surface area contributed by atoms with E-state index in [2.05, 4.69) is 15.6 Å². The number of nitrogens with zero attached hydrogens (tertiary/aromatic N) is 3. The van der Waals surface area contributed by atoms with Crippen molar-refractivity contribution >= 4 is 33.2 Å².